The Balaban J connectivity index is 2.65. The van der Waals surface area contributed by atoms with Crippen molar-refractivity contribution in [3.05, 3.63) is 0 Å². The average Bonchev–Trinajstić information content (AvgIpc) is 2.29. The lowest BCUT2D eigenvalue weighted by Gasteiger charge is -2.38. The van der Waals surface area contributed by atoms with Crippen molar-refractivity contribution in [2.45, 2.75) is 65.7 Å². The second-order valence-corrected chi connectivity index (χ2v) is 5.65. The summed E-state index contributed by atoms with van der Waals surface area (Å²) in [6, 6.07) is 0. The maximum Gasteiger partial charge on any atom is 0.309 e. The standard InChI is InChI=1S/C14H26O2/c1-4-11(3)10-14(13(15)16)8-6-12(5-2)7-9-14/h11-12H,4-10H2,1-3H3,(H,15,16). The van der Waals surface area contributed by atoms with Gasteiger partial charge in [-0.3, -0.25) is 4.79 Å². The molecule has 1 aliphatic carbocycles. The van der Waals surface area contributed by atoms with Gasteiger partial charge in [-0.05, 0) is 43.9 Å². The summed E-state index contributed by atoms with van der Waals surface area (Å²) in [6.45, 7) is 6.54. The van der Waals surface area contributed by atoms with Crippen LogP contribution in [-0.4, -0.2) is 11.1 Å². The third-order valence-corrected chi connectivity index (χ3v) is 4.53. The Morgan fingerprint density at radius 3 is 2.31 bits per heavy atom. The average molecular weight is 226 g/mol. The van der Waals surface area contributed by atoms with Gasteiger partial charge in [0, 0.05) is 0 Å². The van der Waals surface area contributed by atoms with Crippen LogP contribution in [-0.2, 0) is 4.79 Å². The monoisotopic (exact) mass is 226 g/mol. The molecule has 1 fully saturated rings. The molecule has 16 heavy (non-hydrogen) atoms. The molecular weight excluding hydrogens is 200 g/mol. The Morgan fingerprint density at radius 1 is 1.38 bits per heavy atom. The lowest BCUT2D eigenvalue weighted by Crippen LogP contribution is -2.36. The summed E-state index contributed by atoms with van der Waals surface area (Å²) >= 11 is 0. The first-order valence-corrected chi connectivity index (χ1v) is 6.77. The van der Waals surface area contributed by atoms with Crippen molar-refractivity contribution in [1.82, 2.24) is 0 Å². The summed E-state index contributed by atoms with van der Waals surface area (Å²) < 4.78 is 0. The molecule has 1 atom stereocenters. The smallest absolute Gasteiger partial charge is 0.309 e. The molecule has 0 aliphatic heterocycles. The first-order valence-electron chi connectivity index (χ1n) is 6.77. The highest BCUT2D eigenvalue weighted by Crippen LogP contribution is 2.44. The molecule has 1 unspecified atom stereocenters. The number of hydrogen-bond acceptors (Lipinski definition) is 1. The fourth-order valence-electron chi connectivity index (χ4n) is 2.96. The van der Waals surface area contributed by atoms with E-state index in [9.17, 15) is 9.90 Å². The van der Waals surface area contributed by atoms with Crippen molar-refractivity contribution in [1.29, 1.82) is 0 Å². The molecule has 2 heteroatoms. The SMILES string of the molecule is CCC(C)CC1(C(=O)O)CCC(CC)CC1. The van der Waals surface area contributed by atoms with Gasteiger partial charge in [0.15, 0.2) is 0 Å². The zero-order valence-corrected chi connectivity index (χ0v) is 11.0. The van der Waals surface area contributed by atoms with E-state index in [2.05, 4.69) is 20.8 Å². The Morgan fingerprint density at radius 2 is 1.94 bits per heavy atom. The van der Waals surface area contributed by atoms with Crippen LogP contribution in [0.5, 0.6) is 0 Å². The van der Waals surface area contributed by atoms with Crippen LogP contribution in [0, 0.1) is 17.3 Å². The molecule has 0 heterocycles. The van der Waals surface area contributed by atoms with Crippen LogP contribution in [0.4, 0.5) is 0 Å². The predicted molar refractivity (Wildman–Crippen MR) is 66.4 cm³/mol. The highest BCUT2D eigenvalue weighted by atomic mass is 16.4. The third-order valence-electron chi connectivity index (χ3n) is 4.53. The number of aliphatic carboxylic acids is 1. The van der Waals surface area contributed by atoms with Crippen LogP contribution in [0.25, 0.3) is 0 Å². The minimum Gasteiger partial charge on any atom is -0.481 e. The lowest BCUT2D eigenvalue weighted by atomic mass is 9.66. The van der Waals surface area contributed by atoms with Crippen LogP contribution >= 0.6 is 0 Å². The summed E-state index contributed by atoms with van der Waals surface area (Å²) in [5.41, 5.74) is -0.402. The highest BCUT2D eigenvalue weighted by molar-refractivity contribution is 5.74. The molecule has 0 radical (unpaired) electrons. The van der Waals surface area contributed by atoms with Crippen molar-refractivity contribution in [3.63, 3.8) is 0 Å². The molecule has 0 aromatic rings. The first-order chi connectivity index (χ1) is 7.54. The maximum atomic E-state index is 11.5. The van der Waals surface area contributed by atoms with Gasteiger partial charge in [-0.1, -0.05) is 33.6 Å². The minimum atomic E-state index is -0.553. The zero-order chi connectivity index (χ0) is 12.2. The van der Waals surface area contributed by atoms with E-state index in [4.69, 9.17) is 0 Å². The van der Waals surface area contributed by atoms with Crippen molar-refractivity contribution in [2.75, 3.05) is 0 Å². The van der Waals surface area contributed by atoms with Crippen LogP contribution in [0.2, 0.25) is 0 Å². The van der Waals surface area contributed by atoms with E-state index in [1.165, 1.54) is 6.42 Å². The highest BCUT2D eigenvalue weighted by Gasteiger charge is 2.42. The Hall–Kier alpha value is -0.530. The van der Waals surface area contributed by atoms with E-state index in [0.29, 0.717) is 5.92 Å². The van der Waals surface area contributed by atoms with Crippen molar-refractivity contribution in [2.24, 2.45) is 17.3 Å². The molecule has 0 amide bonds. The van der Waals surface area contributed by atoms with Gasteiger partial charge in [-0.2, -0.15) is 0 Å². The molecule has 0 saturated heterocycles. The zero-order valence-electron chi connectivity index (χ0n) is 11.0. The molecule has 0 spiro atoms. The number of rotatable bonds is 5. The quantitative estimate of drug-likeness (QED) is 0.766. The minimum absolute atomic E-state index is 0.402. The molecule has 0 bridgehead atoms. The van der Waals surface area contributed by atoms with E-state index in [1.807, 2.05) is 0 Å². The molecule has 2 nitrogen and oxygen atoms in total. The molecule has 1 rings (SSSR count). The van der Waals surface area contributed by atoms with Gasteiger partial charge in [0.1, 0.15) is 0 Å². The number of carbonyl (C=O) groups is 1. The van der Waals surface area contributed by atoms with E-state index in [-0.39, 0.29) is 0 Å². The van der Waals surface area contributed by atoms with Crippen LogP contribution in [0.3, 0.4) is 0 Å². The summed E-state index contributed by atoms with van der Waals surface area (Å²) in [4.78, 5) is 11.5. The predicted octanol–water partition coefficient (Wildman–Crippen LogP) is 4.09. The van der Waals surface area contributed by atoms with E-state index < -0.39 is 11.4 Å². The fourth-order valence-corrected chi connectivity index (χ4v) is 2.96. The van der Waals surface area contributed by atoms with Crippen molar-refractivity contribution in [3.8, 4) is 0 Å². The van der Waals surface area contributed by atoms with Gasteiger partial charge in [0.2, 0.25) is 0 Å². The van der Waals surface area contributed by atoms with E-state index >= 15 is 0 Å². The Labute approximate surface area is 99.4 Å². The molecule has 1 aliphatic rings. The van der Waals surface area contributed by atoms with Crippen molar-refractivity contribution >= 4 is 5.97 Å². The summed E-state index contributed by atoms with van der Waals surface area (Å²) in [6.07, 6.45) is 7.18. The second kappa shape index (κ2) is 5.70. The molecular formula is C14H26O2. The number of hydrogen-bond donors (Lipinski definition) is 1. The molecule has 1 saturated carbocycles. The largest absolute Gasteiger partial charge is 0.481 e. The molecule has 94 valence electrons. The lowest BCUT2D eigenvalue weighted by molar-refractivity contribution is -0.153. The Bertz CT molecular complexity index is 227. The first kappa shape index (κ1) is 13.5. The van der Waals surface area contributed by atoms with E-state index in [0.717, 1.165) is 44.4 Å². The summed E-state index contributed by atoms with van der Waals surface area (Å²) in [7, 11) is 0. The summed E-state index contributed by atoms with van der Waals surface area (Å²) in [5.74, 6) is 0.751. The van der Waals surface area contributed by atoms with Crippen LogP contribution in [0.1, 0.15) is 65.7 Å². The van der Waals surface area contributed by atoms with Gasteiger partial charge in [0.05, 0.1) is 5.41 Å². The normalized spacial score (nSPS) is 32.3. The van der Waals surface area contributed by atoms with Gasteiger partial charge in [-0.25, -0.2) is 0 Å². The van der Waals surface area contributed by atoms with Gasteiger partial charge < -0.3 is 5.11 Å². The molecule has 0 aromatic heterocycles. The van der Waals surface area contributed by atoms with Gasteiger partial charge in [-0.15, -0.1) is 0 Å². The van der Waals surface area contributed by atoms with E-state index in [1.54, 1.807) is 0 Å². The third kappa shape index (κ3) is 2.99. The molecule has 1 N–H and O–H groups in total. The maximum absolute atomic E-state index is 11.5. The second-order valence-electron chi connectivity index (χ2n) is 5.65. The summed E-state index contributed by atoms with van der Waals surface area (Å²) in [5, 5.41) is 9.49. The number of carboxylic acid groups (broad SMARTS) is 1. The van der Waals surface area contributed by atoms with Crippen LogP contribution in [0.15, 0.2) is 0 Å². The fraction of sp³-hybridized carbons (Fsp3) is 0.929. The topological polar surface area (TPSA) is 37.3 Å². The number of carboxylic acids is 1. The van der Waals surface area contributed by atoms with Gasteiger partial charge in [0.25, 0.3) is 0 Å². The Kier molecular flexibility index (Phi) is 4.82. The van der Waals surface area contributed by atoms with Crippen LogP contribution < -0.4 is 0 Å². The molecule has 0 aromatic carbocycles. The van der Waals surface area contributed by atoms with Gasteiger partial charge >= 0.3 is 5.97 Å². The van der Waals surface area contributed by atoms with Crippen molar-refractivity contribution < 1.29 is 9.90 Å².